The standard InChI is InChI=1S/C24H23FN4O4S/c1-2-15-10-19-16(11-22(31)33-21(19)13-20(15)30)14-34-24-27-26-23(28-6-8-32-9-7-28)29(24)18-5-3-4-17(25)12-18/h3-5,10-13,30H,2,6-9,14H2,1H3. The molecular formula is C24H23FN4O4S. The zero-order valence-electron chi connectivity index (χ0n) is 18.5. The predicted octanol–water partition coefficient (Wildman–Crippen LogP) is 3.91. The molecule has 1 N–H and O–H groups in total. The lowest BCUT2D eigenvalue weighted by molar-refractivity contribution is 0.122. The molecule has 0 amide bonds. The number of hydrogen-bond acceptors (Lipinski definition) is 8. The van der Waals surface area contributed by atoms with Gasteiger partial charge < -0.3 is 19.2 Å². The molecule has 1 aliphatic heterocycles. The van der Waals surface area contributed by atoms with E-state index in [1.165, 1.54) is 36.0 Å². The Morgan fingerprint density at radius 3 is 2.71 bits per heavy atom. The lowest BCUT2D eigenvalue weighted by Crippen LogP contribution is -2.37. The van der Waals surface area contributed by atoms with Gasteiger partial charge in [-0.05, 0) is 41.8 Å². The molecule has 2 aromatic heterocycles. The fraction of sp³-hybridized carbons (Fsp3) is 0.292. The molecule has 8 nitrogen and oxygen atoms in total. The van der Waals surface area contributed by atoms with Crippen molar-refractivity contribution in [2.75, 3.05) is 31.2 Å². The maximum atomic E-state index is 14.1. The molecule has 0 radical (unpaired) electrons. The van der Waals surface area contributed by atoms with E-state index in [1.54, 1.807) is 6.07 Å². The van der Waals surface area contributed by atoms with E-state index in [0.29, 0.717) is 60.9 Å². The van der Waals surface area contributed by atoms with Crippen LogP contribution in [0.5, 0.6) is 5.75 Å². The third kappa shape index (κ3) is 4.38. The number of benzene rings is 2. The van der Waals surface area contributed by atoms with E-state index < -0.39 is 5.63 Å². The molecule has 0 saturated carbocycles. The Hall–Kier alpha value is -3.37. The number of phenols is 1. The molecule has 0 bridgehead atoms. The number of aromatic hydroxyl groups is 1. The number of aromatic nitrogens is 3. The summed E-state index contributed by atoms with van der Waals surface area (Å²) >= 11 is 1.39. The first-order valence-corrected chi connectivity index (χ1v) is 12.0. The molecule has 3 heterocycles. The average molecular weight is 483 g/mol. The second kappa shape index (κ2) is 9.47. The van der Waals surface area contributed by atoms with Crippen LogP contribution in [-0.2, 0) is 16.9 Å². The van der Waals surface area contributed by atoms with Crippen molar-refractivity contribution in [1.29, 1.82) is 0 Å². The number of anilines is 1. The second-order valence-electron chi connectivity index (χ2n) is 7.91. The number of halogens is 1. The van der Waals surface area contributed by atoms with Gasteiger partial charge in [0.25, 0.3) is 0 Å². The van der Waals surface area contributed by atoms with E-state index in [0.717, 1.165) is 16.5 Å². The lowest BCUT2D eigenvalue weighted by Gasteiger charge is -2.27. The van der Waals surface area contributed by atoms with Crippen LogP contribution < -0.4 is 10.5 Å². The predicted molar refractivity (Wildman–Crippen MR) is 127 cm³/mol. The molecule has 1 fully saturated rings. The number of ether oxygens (including phenoxy) is 1. The minimum absolute atomic E-state index is 0.101. The third-order valence-corrected chi connectivity index (χ3v) is 6.72. The highest BCUT2D eigenvalue weighted by Crippen LogP contribution is 2.33. The Balaban J connectivity index is 1.54. The highest BCUT2D eigenvalue weighted by Gasteiger charge is 2.22. The van der Waals surface area contributed by atoms with E-state index in [4.69, 9.17) is 9.15 Å². The molecular weight excluding hydrogens is 459 g/mol. The highest BCUT2D eigenvalue weighted by molar-refractivity contribution is 7.98. The number of fused-ring (bicyclic) bond motifs is 1. The van der Waals surface area contributed by atoms with Crippen LogP contribution in [0, 0.1) is 5.82 Å². The number of hydrogen-bond donors (Lipinski definition) is 1. The largest absolute Gasteiger partial charge is 0.508 e. The van der Waals surface area contributed by atoms with E-state index >= 15 is 0 Å². The molecule has 0 unspecified atom stereocenters. The van der Waals surface area contributed by atoms with Crippen LogP contribution in [0.25, 0.3) is 16.7 Å². The van der Waals surface area contributed by atoms with Gasteiger partial charge in [-0.25, -0.2) is 9.18 Å². The van der Waals surface area contributed by atoms with Crippen LogP contribution in [-0.4, -0.2) is 46.2 Å². The summed E-state index contributed by atoms with van der Waals surface area (Å²) in [4.78, 5) is 14.2. The summed E-state index contributed by atoms with van der Waals surface area (Å²) in [7, 11) is 0. The Labute approximate surface area is 199 Å². The smallest absolute Gasteiger partial charge is 0.336 e. The van der Waals surface area contributed by atoms with Gasteiger partial charge in [0.05, 0.1) is 18.9 Å². The van der Waals surface area contributed by atoms with Crippen LogP contribution in [0.4, 0.5) is 10.3 Å². The summed E-state index contributed by atoms with van der Waals surface area (Å²) < 4.78 is 26.7. The third-order valence-electron chi connectivity index (χ3n) is 5.74. The first-order valence-electron chi connectivity index (χ1n) is 11.0. The van der Waals surface area contributed by atoms with Crippen molar-refractivity contribution in [1.82, 2.24) is 14.8 Å². The van der Waals surface area contributed by atoms with E-state index in [-0.39, 0.29) is 11.6 Å². The quantitative estimate of drug-likeness (QED) is 0.327. The molecule has 2 aromatic carbocycles. The monoisotopic (exact) mass is 482 g/mol. The summed E-state index contributed by atoms with van der Waals surface area (Å²) in [5.41, 5.74) is 1.98. The molecule has 0 aliphatic carbocycles. The Kier molecular flexibility index (Phi) is 6.25. The fourth-order valence-electron chi connectivity index (χ4n) is 4.02. The number of thioether (sulfide) groups is 1. The zero-order valence-corrected chi connectivity index (χ0v) is 19.3. The SMILES string of the molecule is CCc1cc2c(CSc3nnc(N4CCOCC4)n3-c3cccc(F)c3)cc(=O)oc2cc1O. The van der Waals surface area contributed by atoms with Crippen LogP contribution in [0.1, 0.15) is 18.1 Å². The van der Waals surface area contributed by atoms with E-state index in [1.807, 2.05) is 23.6 Å². The fourth-order valence-corrected chi connectivity index (χ4v) is 4.96. The van der Waals surface area contributed by atoms with Crippen molar-refractivity contribution in [3.05, 3.63) is 69.8 Å². The van der Waals surface area contributed by atoms with Gasteiger partial charge in [-0.2, -0.15) is 0 Å². The topological polar surface area (TPSA) is 93.6 Å². The van der Waals surface area contributed by atoms with Gasteiger partial charge in [0.2, 0.25) is 5.95 Å². The maximum absolute atomic E-state index is 14.1. The molecule has 176 valence electrons. The summed E-state index contributed by atoms with van der Waals surface area (Å²) in [5, 5.41) is 20.3. The molecule has 0 atom stereocenters. The molecule has 1 aliphatic rings. The molecule has 4 aromatic rings. The van der Waals surface area contributed by atoms with Gasteiger partial charge in [-0.1, -0.05) is 24.8 Å². The van der Waals surface area contributed by atoms with Crippen molar-refractivity contribution < 1.29 is 18.7 Å². The van der Waals surface area contributed by atoms with Gasteiger partial charge in [-0.15, -0.1) is 10.2 Å². The molecule has 0 spiro atoms. The first-order chi connectivity index (χ1) is 16.5. The van der Waals surface area contributed by atoms with Gasteiger partial charge in [0.15, 0.2) is 5.16 Å². The van der Waals surface area contributed by atoms with Crippen LogP contribution in [0.15, 0.2) is 56.8 Å². The molecule has 5 rings (SSSR count). The highest BCUT2D eigenvalue weighted by atomic mass is 32.2. The first kappa shape index (κ1) is 22.4. The van der Waals surface area contributed by atoms with Gasteiger partial charge in [-0.3, -0.25) is 4.57 Å². The van der Waals surface area contributed by atoms with Gasteiger partial charge in [0, 0.05) is 36.4 Å². The Morgan fingerprint density at radius 2 is 1.94 bits per heavy atom. The van der Waals surface area contributed by atoms with Crippen molar-refractivity contribution >= 4 is 28.7 Å². The molecule has 1 saturated heterocycles. The van der Waals surface area contributed by atoms with E-state index in [9.17, 15) is 14.3 Å². The number of aryl methyl sites for hydroxylation is 1. The van der Waals surface area contributed by atoms with Gasteiger partial charge in [0.1, 0.15) is 17.1 Å². The summed E-state index contributed by atoms with van der Waals surface area (Å²) in [6, 6.07) is 11.1. The lowest BCUT2D eigenvalue weighted by atomic mass is 10.1. The second-order valence-corrected chi connectivity index (χ2v) is 8.85. The van der Waals surface area contributed by atoms with Crippen molar-refractivity contribution in [3.8, 4) is 11.4 Å². The van der Waals surface area contributed by atoms with Crippen LogP contribution in [0.3, 0.4) is 0 Å². The zero-order chi connectivity index (χ0) is 23.7. The normalized spacial score (nSPS) is 14.1. The van der Waals surface area contributed by atoms with E-state index in [2.05, 4.69) is 15.1 Å². The van der Waals surface area contributed by atoms with Crippen molar-refractivity contribution in [3.63, 3.8) is 0 Å². The van der Waals surface area contributed by atoms with Crippen molar-refractivity contribution in [2.45, 2.75) is 24.3 Å². The average Bonchev–Trinajstić information content (AvgIpc) is 3.26. The summed E-state index contributed by atoms with van der Waals surface area (Å²) in [6.45, 7) is 4.42. The number of nitrogens with zero attached hydrogens (tertiary/aromatic N) is 4. The number of morpholine rings is 1. The molecule has 34 heavy (non-hydrogen) atoms. The minimum atomic E-state index is -0.493. The maximum Gasteiger partial charge on any atom is 0.336 e. The summed E-state index contributed by atoms with van der Waals surface area (Å²) in [6.07, 6.45) is 0.643. The van der Waals surface area contributed by atoms with Gasteiger partial charge >= 0.3 is 5.63 Å². The van der Waals surface area contributed by atoms with Crippen molar-refractivity contribution in [2.24, 2.45) is 0 Å². The Bertz CT molecular complexity index is 1400. The van der Waals surface area contributed by atoms with Crippen LogP contribution in [0.2, 0.25) is 0 Å². The molecule has 10 heteroatoms. The Morgan fingerprint density at radius 1 is 1.12 bits per heavy atom. The minimum Gasteiger partial charge on any atom is -0.508 e. The number of phenolic OH excluding ortho intramolecular Hbond substituents is 1. The number of rotatable bonds is 6. The summed E-state index contributed by atoms with van der Waals surface area (Å²) in [5.74, 6) is 0.775. The van der Waals surface area contributed by atoms with Crippen LogP contribution >= 0.6 is 11.8 Å².